The zero-order valence-corrected chi connectivity index (χ0v) is 12.7. The maximum atomic E-state index is 6.28. The molecule has 2 unspecified atom stereocenters. The van der Waals surface area contributed by atoms with E-state index in [-0.39, 0.29) is 5.38 Å². The van der Waals surface area contributed by atoms with Gasteiger partial charge < -0.3 is 4.57 Å². The van der Waals surface area contributed by atoms with Crippen LogP contribution in [-0.2, 0) is 6.54 Å². The predicted molar refractivity (Wildman–Crippen MR) is 78.4 cm³/mol. The molecule has 3 nitrogen and oxygen atoms in total. The number of hydrogen-bond acceptors (Lipinski definition) is 2. The Hall–Kier alpha value is -1.09. The zero-order chi connectivity index (χ0) is 13.8. The Morgan fingerprint density at radius 2 is 2.11 bits per heavy atom. The van der Waals surface area contributed by atoms with Crippen molar-refractivity contribution in [2.75, 3.05) is 0 Å². The summed E-state index contributed by atoms with van der Waals surface area (Å²) in [5.41, 5.74) is 3.40. The predicted octanol–water partition coefficient (Wildman–Crippen LogP) is 4.09. The van der Waals surface area contributed by atoms with Gasteiger partial charge in [-0.25, -0.2) is 9.97 Å². The van der Waals surface area contributed by atoms with Gasteiger partial charge in [0.2, 0.25) is 0 Å². The maximum Gasteiger partial charge on any atom is 0.160 e. The summed E-state index contributed by atoms with van der Waals surface area (Å²) in [5.74, 6) is 1.65. The second-order valence-electron chi connectivity index (χ2n) is 6.38. The minimum Gasteiger partial charge on any atom is -0.311 e. The van der Waals surface area contributed by atoms with E-state index >= 15 is 0 Å². The van der Waals surface area contributed by atoms with Crippen molar-refractivity contribution in [3.8, 4) is 0 Å². The van der Waals surface area contributed by atoms with Crippen LogP contribution in [0.2, 0.25) is 0 Å². The standard InChI is InChI=1S/C15H20ClN3/c1-9-5-6-12-14(17-9)19(13(18-12)10(2)16)8-11-7-15(11,3)4/h5-6,10-11H,7-8H2,1-4H3. The SMILES string of the molecule is Cc1ccc2nc(C(C)Cl)n(CC3CC3(C)C)c2n1. The van der Waals surface area contributed by atoms with Crippen molar-refractivity contribution < 1.29 is 0 Å². The van der Waals surface area contributed by atoms with Crippen molar-refractivity contribution in [3.63, 3.8) is 0 Å². The molecule has 0 saturated heterocycles. The van der Waals surface area contributed by atoms with Gasteiger partial charge >= 0.3 is 0 Å². The first-order chi connectivity index (χ1) is 8.88. The van der Waals surface area contributed by atoms with Crippen LogP contribution in [0, 0.1) is 18.3 Å². The van der Waals surface area contributed by atoms with Gasteiger partial charge in [-0.1, -0.05) is 13.8 Å². The molecular formula is C15H20ClN3. The van der Waals surface area contributed by atoms with E-state index in [1.807, 2.05) is 26.0 Å². The van der Waals surface area contributed by atoms with Crippen LogP contribution in [0.15, 0.2) is 12.1 Å². The molecule has 0 bridgehead atoms. The Balaban J connectivity index is 2.08. The summed E-state index contributed by atoms with van der Waals surface area (Å²) in [7, 11) is 0. The third kappa shape index (κ3) is 2.25. The molecule has 0 N–H and O–H groups in total. The van der Waals surface area contributed by atoms with E-state index in [0.29, 0.717) is 11.3 Å². The number of pyridine rings is 1. The smallest absolute Gasteiger partial charge is 0.160 e. The molecule has 0 aromatic carbocycles. The van der Waals surface area contributed by atoms with Gasteiger partial charge in [0.25, 0.3) is 0 Å². The highest BCUT2D eigenvalue weighted by atomic mass is 35.5. The first-order valence-corrected chi connectivity index (χ1v) is 7.30. The van der Waals surface area contributed by atoms with Crippen LogP contribution in [0.3, 0.4) is 0 Å². The summed E-state index contributed by atoms with van der Waals surface area (Å²) in [6.45, 7) is 9.61. The highest BCUT2D eigenvalue weighted by Crippen LogP contribution is 2.52. The quantitative estimate of drug-likeness (QED) is 0.791. The highest BCUT2D eigenvalue weighted by molar-refractivity contribution is 6.20. The molecule has 4 heteroatoms. The lowest BCUT2D eigenvalue weighted by Gasteiger charge is -2.11. The van der Waals surface area contributed by atoms with Crippen LogP contribution in [0.5, 0.6) is 0 Å². The van der Waals surface area contributed by atoms with Crippen molar-refractivity contribution in [1.29, 1.82) is 0 Å². The fourth-order valence-corrected chi connectivity index (χ4v) is 2.87. The normalized spacial score (nSPS) is 22.7. The van der Waals surface area contributed by atoms with Crippen molar-refractivity contribution in [3.05, 3.63) is 23.7 Å². The molecule has 2 aromatic heterocycles. The van der Waals surface area contributed by atoms with Crippen molar-refractivity contribution >= 4 is 22.8 Å². The average Bonchev–Trinajstić information content (AvgIpc) is 2.77. The molecule has 1 fully saturated rings. The van der Waals surface area contributed by atoms with Crippen LogP contribution in [0.4, 0.5) is 0 Å². The molecule has 2 atom stereocenters. The second-order valence-corrected chi connectivity index (χ2v) is 7.04. The Bertz CT molecular complexity index is 628. The number of imidazole rings is 1. The first-order valence-electron chi connectivity index (χ1n) is 6.86. The van der Waals surface area contributed by atoms with E-state index in [4.69, 9.17) is 11.6 Å². The number of nitrogens with zero attached hydrogens (tertiary/aromatic N) is 3. The Morgan fingerprint density at radius 3 is 2.68 bits per heavy atom. The molecule has 19 heavy (non-hydrogen) atoms. The number of halogens is 1. The van der Waals surface area contributed by atoms with Crippen LogP contribution in [0.1, 0.15) is 44.1 Å². The molecule has 0 spiro atoms. The number of fused-ring (bicyclic) bond motifs is 1. The van der Waals surface area contributed by atoms with Gasteiger partial charge in [-0.3, -0.25) is 0 Å². The first kappa shape index (κ1) is 12.9. The van der Waals surface area contributed by atoms with Crippen LogP contribution >= 0.6 is 11.6 Å². The molecule has 102 valence electrons. The van der Waals surface area contributed by atoms with Gasteiger partial charge in [0.15, 0.2) is 5.65 Å². The average molecular weight is 278 g/mol. The fraction of sp³-hybridized carbons (Fsp3) is 0.600. The molecule has 1 saturated carbocycles. The van der Waals surface area contributed by atoms with Crippen LogP contribution < -0.4 is 0 Å². The number of rotatable bonds is 3. The Morgan fingerprint density at radius 1 is 1.42 bits per heavy atom. The number of alkyl halides is 1. The summed E-state index contributed by atoms with van der Waals surface area (Å²) in [6, 6.07) is 4.04. The Kier molecular flexibility index (Phi) is 2.86. The molecule has 0 radical (unpaired) electrons. The van der Waals surface area contributed by atoms with E-state index in [9.17, 15) is 0 Å². The molecule has 0 aliphatic heterocycles. The van der Waals surface area contributed by atoms with E-state index in [0.717, 1.165) is 29.2 Å². The summed E-state index contributed by atoms with van der Waals surface area (Å²) in [4.78, 5) is 9.30. The lowest BCUT2D eigenvalue weighted by atomic mass is 10.1. The number of aryl methyl sites for hydroxylation is 1. The minimum absolute atomic E-state index is 0.0867. The van der Waals surface area contributed by atoms with Crippen LogP contribution in [0.25, 0.3) is 11.2 Å². The van der Waals surface area contributed by atoms with Gasteiger partial charge in [-0.2, -0.15) is 0 Å². The molecular weight excluding hydrogens is 258 g/mol. The minimum atomic E-state index is -0.0867. The molecule has 2 aromatic rings. The molecule has 2 heterocycles. The van der Waals surface area contributed by atoms with E-state index in [1.165, 1.54) is 6.42 Å². The lowest BCUT2D eigenvalue weighted by molar-refractivity contribution is 0.494. The molecule has 1 aliphatic carbocycles. The third-order valence-corrected chi connectivity index (χ3v) is 4.43. The van der Waals surface area contributed by atoms with Crippen molar-refractivity contribution in [1.82, 2.24) is 14.5 Å². The molecule has 0 amide bonds. The largest absolute Gasteiger partial charge is 0.311 e. The topological polar surface area (TPSA) is 30.7 Å². The zero-order valence-electron chi connectivity index (χ0n) is 11.9. The fourth-order valence-electron chi connectivity index (χ4n) is 2.71. The van der Waals surface area contributed by atoms with Gasteiger partial charge in [-0.05, 0) is 43.7 Å². The number of aromatic nitrogens is 3. The monoisotopic (exact) mass is 277 g/mol. The van der Waals surface area contributed by atoms with Gasteiger partial charge in [-0.15, -0.1) is 11.6 Å². The van der Waals surface area contributed by atoms with E-state index in [2.05, 4.69) is 28.4 Å². The van der Waals surface area contributed by atoms with Crippen molar-refractivity contribution in [2.45, 2.75) is 46.0 Å². The second kappa shape index (κ2) is 4.20. The summed E-state index contributed by atoms with van der Waals surface area (Å²) in [5, 5.41) is -0.0867. The molecule has 1 aliphatic rings. The summed E-state index contributed by atoms with van der Waals surface area (Å²) < 4.78 is 2.22. The number of hydrogen-bond donors (Lipinski definition) is 0. The van der Waals surface area contributed by atoms with E-state index in [1.54, 1.807) is 0 Å². The van der Waals surface area contributed by atoms with Crippen LogP contribution in [-0.4, -0.2) is 14.5 Å². The van der Waals surface area contributed by atoms with E-state index < -0.39 is 0 Å². The van der Waals surface area contributed by atoms with Gasteiger partial charge in [0.05, 0.1) is 5.38 Å². The lowest BCUT2D eigenvalue weighted by Crippen LogP contribution is -2.09. The highest BCUT2D eigenvalue weighted by Gasteiger charge is 2.46. The summed E-state index contributed by atoms with van der Waals surface area (Å²) in [6.07, 6.45) is 1.27. The maximum absolute atomic E-state index is 6.28. The summed E-state index contributed by atoms with van der Waals surface area (Å²) >= 11 is 6.28. The Labute approximate surface area is 119 Å². The molecule has 3 rings (SSSR count). The third-order valence-electron chi connectivity index (χ3n) is 4.24. The van der Waals surface area contributed by atoms with Gasteiger partial charge in [0.1, 0.15) is 11.3 Å². The van der Waals surface area contributed by atoms with Crippen molar-refractivity contribution in [2.24, 2.45) is 11.3 Å². The van der Waals surface area contributed by atoms with Gasteiger partial charge in [0, 0.05) is 12.2 Å².